The number of carbonyl (C=O) groups is 1. The molecule has 2 aliphatic rings. The minimum atomic E-state index is 0.389. The molecule has 4 nitrogen and oxygen atoms in total. The summed E-state index contributed by atoms with van der Waals surface area (Å²) in [6.45, 7) is 2.05. The maximum absolute atomic E-state index is 12.1. The van der Waals surface area contributed by atoms with Gasteiger partial charge in [0.25, 0.3) is 0 Å². The third-order valence-electron chi connectivity index (χ3n) is 5.25. The Morgan fingerprint density at radius 1 is 1.26 bits per heavy atom. The highest BCUT2D eigenvalue weighted by atomic mass is 127. The monoisotopic (exact) mass is 427 g/mol. The van der Waals surface area contributed by atoms with Crippen molar-refractivity contribution in [1.29, 1.82) is 0 Å². The maximum Gasteiger partial charge on any atom is 0.222 e. The van der Waals surface area contributed by atoms with Crippen LogP contribution in [0.2, 0.25) is 0 Å². The third kappa shape index (κ3) is 4.37. The lowest BCUT2D eigenvalue weighted by Gasteiger charge is -2.39. The van der Waals surface area contributed by atoms with E-state index >= 15 is 0 Å². The zero-order valence-corrected chi connectivity index (χ0v) is 16.0. The van der Waals surface area contributed by atoms with Crippen molar-refractivity contribution in [2.24, 2.45) is 5.92 Å². The quantitative estimate of drug-likeness (QED) is 0.688. The number of likely N-dealkylation sites (tertiary alicyclic amines) is 1. The molecule has 23 heavy (non-hydrogen) atoms. The highest BCUT2D eigenvalue weighted by molar-refractivity contribution is 14.1. The highest BCUT2D eigenvalue weighted by Crippen LogP contribution is 2.30. The molecule has 0 unspecified atom stereocenters. The van der Waals surface area contributed by atoms with Crippen molar-refractivity contribution in [2.75, 3.05) is 25.0 Å². The van der Waals surface area contributed by atoms with Crippen molar-refractivity contribution >= 4 is 34.3 Å². The smallest absolute Gasteiger partial charge is 0.222 e. The van der Waals surface area contributed by atoms with E-state index in [-0.39, 0.29) is 0 Å². The van der Waals surface area contributed by atoms with Crippen molar-refractivity contribution in [1.82, 2.24) is 9.88 Å². The Labute approximate surface area is 152 Å². The van der Waals surface area contributed by atoms with Gasteiger partial charge in [-0.2, -0.15) is 0 Å². The summed E-state index contributed by atoms with van der Waals surface area (Å²) in [6.07, 6.45) is 9.75. The van der Waals surface area contributed by atoms with Gasteiger partial charge in [-0.05, 0) is 79.2 Å². The minimum Gasteiger partial charge on any atom is -0.359 e. The van der Waals surface area contributed by atoms with Gasteiger partial charge in [-0.25, -0.2) is 4.98 Å². The molecule has 1 aromatic rings. The fourth-order valence-corrected chi connectivity index (χ4v) is 4.25. The molecule has 1 saturated carbocycles. The van der Waals surface area contributed by atoms with Crippen LogP contribution in [-0.2, 0) is 4.79 Å². The van der Waals surface area contributed by atoms with Crippen LogP contribution in [0.4, 0.5) is 5.82 Å². The first-order valence-electron chi connectivity index (χ1n) is 8.75. The second kappa shape index (κ2) is 7.81. The molecule has 126 valence electrons. The molecule has 0 bridgehead atoms. The lowest BCUT2D eigenvalue weighted by atomic mass is 9.84. The average molecular weight is 427 g/mol. The number of hydrogen-bond acceptors (Lipinski definition) is 3. The predicted molar refractivity (Wildman–Crippen MR) is 102 cm³/mol. The van der Waals surface area contributed by atoms with Crippen molar-refractivity contribution in [3.05, 3.63) is 21.9 Å². The van der Waals surface area contributed by atoms with E-state index in [0.29, 0.717) is 11.9 Å². The molecule has 0 aromatic carbocycles. The van der Waals surface area contributed by atoms with Gasteiger partial charge in [-0.1, -0.05) is 0 Å². The van der Waals surface area contributed by atoms with Crippen molar-refractivity contribution in [3.8, 4) is 0 Å². The van der Waals surface area contributed by atoms with Crippen LogP contribution in [0.25, 0.3) is 0 Å². The number of anilines is 1. The molecule has 2 heterocycles. The number of rotatable bonds is 4. The van der Waals surface area contributed by atoms with E-state index < -0.39 is 0 Å². The van der Waals surface area contributed by atoms with Crippen LogP contribution in [0, 0.1) is 9.49 Å². The molecule has 0 N–H and O–H groups in total. The summed E-state index contributed by atoms with van der Waals surface area (Å²) < 4.78 is 1.17. The van der Waals surface area contributed by atoms with Gasteiger partial charge in [0.05, 0.1) is 0 Å². The first-order valence-corrected chi connectivity index (χ1v) is 9.83. The molecule has 3 rings (SSSR count). The minimum absolute atomic E-state index is 0.389. The van der Waals surface area contributed by atoms with Gasteiger partial charge in [0, 0.05) is 42.4 Å². The number of pyridine rings is 1. The standard InChI is InChI=1S/C18H26IN3O/c1-21(17-10-7-15(19)12-20-17)13-14-5-8-16(9-6-14)22-11-3-2-4-18(22)23/h7,10,12,14,16H,2-6,8-9,11,13H2,1H3. The molecule has 1 saturated heterocycles. The largest absolute Gasteiger partial charge is 0.359 e. The predicted octanol–water partition coefficient (Wildman–Crippen LogP) is 3.69. The second-order valence-electron chi connectivity index (χ2n) is 6.93. The SMILES string of the molecule is CN(CC1CCC(N2CCCCC2=O)CC1)c1ccc(I)cn1. The van der Waals surface area contributed by atoms with Crippen LogP contribution in [0.1, 0.15) is 44.9 Å². The average Bonchev–Trinajstić information content (AvgIpc) is 2.57. The first kappa shape index (κ1) is 17.0. The number of halogens is 1. The zero-order chi connectivity index (χ0) is 16.2. The molecule has 0 atom stereocenters. The molecule has 5 heteroatoms. The Bertz CT molecular complexity index is 526. The summed E-state index contributed by atoms with van der Waals surface area (Å²) in [5, 5.41) is 0. The van der Waals surface area contributed by atoms with Crippen LogP contribution in [0.3, 0.4) is 0 Å². The number of aromatic nitrogens is 1. The number of carbonyl (C=O) groups excluding carboxylic acids is 1. The Hall–Kier alpha value is -0.850. The van der Waals surface area contributed by atoms with Gasteiger partial charge >= 0.3 is 0 Å². The van der Waals surface area contributed by atoms with E-state index in [1.807, 2.05) is 6.20 Å². The molecule has 2 fully saturated rings. The molecule has 1 amide bonds. The molecule has 1 aliphatic carbocycles. The van der Waals surface area contributed by atoms with Gasteiger partial charge in [0.2, 0.25) is 5.91 Å². The summed E-state index contributed by atoms with van der Waals surface area (Å²) >= 11 is 2.29. The number of amides is 1. The van der Waals surface area contributed by atoms with E-state index in [1.54, 1.807) is 0 Å². The summed E-state index contributed by atoms with van der Waals surface area (Å²) in [5.74, 6) is 2.16. The molecule has 0 radical (unpaired) electrons. The molecule has 1 aromatic heterocycles. The molecular weight excluding hydrogens is 401 g/mol. The first-order chi connectivity index (χ1) is 11.1. The Morgan fingerprint density at radius 3 is 2.70 bits per heavy atom. The number of hydrogen-bond donors (Lipinski definition) is 0. The molecule has 0 spiro atoms. The number of piperidine rings is 1. The summed E-state index contributed by atoms with van der Waals surface area (Å²) in [6, 6.07) is 4.71. The summed E-state index contributed by atoms with van der Waals surface area (Å²) in [7, 11) is 2.13. The van der Waals surface area contributed by atoms with E-state index in [9.17, 15) is 4.79 Å². The van der Waals surface area contributed by atoms with Crippen LogP contribution < -0.4 is 4.90 Å². The third-order valence-corrected chi connectivity index (χ3v) is 5.89. The Kier molecular flexibility index (Phi) is 5.77. The van der Waals surface area contributed by atoms with Crippen LogP contribution in [-0.4, -0.2) is 42.0 Å². The van der Waals surface area contributed by atoms with Gasteiger partial charge in [-0.15, -0.1) is 0 Å². The van der Waals surface area contributed by atoms with Gasteiger partial charge < -0.3 is 9.80 Å². The van der Waals surface area contributed by atoms with Gasteiger partial charge in [0.15, 0.2) is 0 Å². The van der Waals surface area contributed by atoms with E-state index in [2.05, 4.69) is 56.6 Å². The maximum atomic E-state index is 12.1. The van der Waals surface area contributed by atoms with Crippen molar-refractivity contribution in [2.45, 2.75) is 51.0 Å². The van der Waals surface area contributed by atoms with Gasteiger partial charge in [-0.3, -0.25) is 4.79 Å². The second-order valence-corrected chi connectivity index (χ2v) is 8.18. The normalized spacial score (nSPS) is 25.5. The van der Waals surface area contributed by atoms with Crippen LogP contribution in [0.5, 0.6) is 0 Å². The Balaban J connectivity index is 1.49. The highest BCUT2D eigenvalue weighted by Gasteiger charge is 2.30. The van der Waals surface area contributed by atoms with E-state index in [4.69, 9.17) is 0 Å². The van der Waals surface area contributed by atoms with Gasteiger partial charge in [0.1, 0.15) is 5.82 Å². The molecular formula is C18H26IN3O. The molecule has 1 aliphatic heterocycles. The van der Waals surface area contributed by atoms with Crippen LogP contribution >= 0.6 is 22.6 Å². The van der Waals surface area contributed by atoms with E-state index in [1.165, 1.54) is 35.7 Å². The van der Waals surface area contributed by atoms with Crippen molar-refractivity contribution in [3.63, 3.8) is 0 Å². The topological polar surface area (TPSA) is 36.4 Å². The fourth-order valence-electron chi connectivity index (χ4n) is 3.93. The lowest BCUT2D eigenvalue weighted by Crippen LogP contribution is -2.45. The Morgan fingerprint density at radius 2 is 2.04 bits per heavy atom. The summed E-state index contributed by atoms with van der Waals surface area (Å²) in [4.78, 5) is 21.0. The summed E-state index contributed by atoms with van der Waals surface area (Å²) in [5.41, 5.74) is 0. The fraction of sp³-hybridized carbons (Fsp3) is 0.667. The lowest BCUT2D eigenvalue weighted by molar-refractivity contribution is -0.136. The zero-order valence-electron chi connectivity index (χ0n) is 13.9. The van der Waals surface area contributed by atoms with Crippen LogP contribution in [0.15, 0.2) is 18.3 Å². The number of nitrogens with zero attached hydrogens (tertiary/aromatic N) is 3. The van der Waals surface area contributed by atoms with Crippen molar-refractivity contribution < 1.29 is 4.79 Å². The van der Waals surface area contributed by atoms with E-state index in [0.717, 1.165) is 37.7 Å².